The van der Waals surface area contributed by atoms with Gasteiger partial charge in [0.2, 0.25) is 0 Å². The Morgan fingerprint density at radius 2 is 1.96 bits per heavy atom. The van der Waals surface area contributed by atoms with Crippen LogP contribution in [0.1, 0.15) is 13.8 Å². The predicted octanol–water partition coefficient (Wildman–Crippen LogP) is 4.62. The van der Waals surface area contributed by atoms with Crippen molar-refractivity contribution in [3.63, 3.8) is 0 Å². The highest BCUT2D eigenvalue weighted by atomic mass is 32.1. The van der Waals surface area contributed by atoms with Gasteiger partial charge in [0, 0.05) is 29.6 Å². The molecular weight excluding hydrogens is 356 g/mol. The molecule has 4 aromatic rings. The summed E-state index contributed by atoms with van der Waals surface area (Å²) in [6.45, 7) is 4.09. The summed E-state index contributed by atoms with van der Waals surface area (Å²) in [7, 11) is 0. The normalized spacial score (nSPS) is 11.4. The molecule has 26 heavy (non-hydrogen) atoms. The average molecular weight is 371 g/mol. The monoisotopic (exact) mass is 371 g/mol. The molecule has 132 valence electrons. The van der Waals surface area contributed by atoms with Crippen molar-refractivity contribution in [2.24, 2.45) is 0 Å². The molecule has 0 aliphatic rings. The zero-order chi connectivity index (χ0) is 18.3. The van der Waals surface area contributed by atoms with Crippen LogP contribution in [0.2, 0.25) is 0 Å². The van der Waals surface area contributed by atoms with Crippen LogP contribution in [0.25, 0.3) is 27.2 Å². The molecule has 0 atom stereocenters. The number of nitrogens with zero attached hydrogens (tertiary/aromatic N) is 4. The van der Waals surface area contributed by atoms with Crippen molar-refractivity contribution >= 4 is 22.1 Å². The fourth-order valence-electron chi connectivity index (χ4n) is 2.67. The van der Waals surface area contributed by atoms with Gasteiger partial charge in [-0.2, -0.15) is 0 Å². The number of nitrogens with one attached hydrogen (secondary N) is 1. The van der Waals surface area contributed by atoms with Crippen LogP contribution in [0.4, 0.5) is 13.9 Å². The Bertz CT molecular complexity index is 1090. The van der Waals surface area contributed by atoms with Gasteiger partial charge in [0.05, 0.1) is 4.88 Å². The van der Waals surface area contributed by atoms with Crippen molar-refractivity contribution in [3.8, 4) is 21.6 Å². The van der Waals surface area contributed by atoms with E-state index in [1.54, 1.807) is 16.9 Å². The fourth-order valence-corrected chi connectivity index (χ4v) is 3.61. The first-order valence-corrected chi connectivity index (χ1v) is 8.84. The van der Waals surface area contributed by atoms with Gasteiger partial charge in [-0.15, -0.1) is 10.2 Å². The quantitative estimate of drug-likeness (QED) is 0.569. The molecule has 3 heterocycles. The van der Waals surface area contributed by atoms with Crippen LogP contribution in [0, 0.1) is 11.6 Å². The van der Waals surface area contributed by atoms with Crippen LogP contribution in [0.5, 0.6) is 0 Å². The zero-order valence-corrected chi connectivity index (χ0v) is 14.9. The first kappa shape index (κ1) is 16.6. The van der Waals surface area contributed by atoms with E-state index in [0.717, 1.165) is 21.6 Å². The maximum Gasteiger partial charge on any atom is 0.183 e. The van der Waals surface area contributed by atoms with E-state index in [2.05, 4.69) is 20.5 Å². The fraction of sp³-hybridized carbons (Fsp3) is 0.167. The van der Waals surface area contributed by atoms with Gasteiger partial charge in [-0.3, -0.25) is 4.40 Å². The summed E-state index contributed by atoms with van der Waals surface area (Å²) in [4.78, 5) is 5.34. The Kier molecular flexibility index (Phi) is 4.12. The summed E-state index contributed by atoms with van der Waals surface area (Å²) in [5.74, 6) is -1.78. The minimum Gasteiger partial charge on any atom is -0.359 e. The van der Waals surface area contributed by atoms with Gasteiger partial charge in [0.15, 0.2) is 22.4 Å². The number of pyridine rings is 1. The summed E-state index contributed by atoms with van der Waals surface area (Å²) >= 11 is 1.52. The molecular formula is C18H15F2N5S. The van der Waals surface area contributed by atoms with Crippen molar-refractivity contribution in [2.75, 3.05) is 5.32 Å². The second-order valence-electron chi connectivity index (χ2n) is 6.16. The minimum absolute atomic E-state index is 0.284. The van der Waals surface area contributed by atoms with Gasteiger partial charge in [0.1, 0.15) is 6.33 Å². The number of hydrogen-bond donors (Lipinski definition) is 1. The third kappa shape index (κ3) is 3.03. The Morgan fingerprint density at radius 3 is 2.73 bits per heavy atom. The van der Waals surface area contributed by atoms with Gasteiger partial charge >= 0.3 is 0 Å². The van der Waals surface area contributed by atoms with E-state index in [9.17, 15) is 8.78 Å². The van der Waals surface area contributed by atoms with E-state index < -0.39 is 11.6 Å². The van der Waals surface area contributed by atoms with Crippen molar-refractivity contribution < 1.29 is 8.78 Å². The largest absolute Gasteiger partial charge is 0.359 e. The van der Waals surface area contributed by atoms with Crippen LogP contribution in [0.15, 0.2) is 43.0 Å². The van der Waals surface area contributed by atoms with E-state index in [0.29, 0.717) is 16.8 Å². The molecule has 0 fully saturated rings. The second kappa shape index (κ2) is 6.45. The third-order valence-corrected chi connectivity index (χ3v) is 4.80. The molecule has 4 rings (SSSR count). The van der Waals surface area contributed by atoms with E-state index in [1.165, 1.54) is 23.5 Å². The van der Waals surface area contributed by atoms with Gasteiger partial charge < -0.3 is 5.32 Å². The molecule has 3 aromatic heterocycles. The van der Waals surface area contributed by atoms with E-state index >= 15 is 0 Å². The van der Waals surface area contributed by atoms with Crippen LogP contribution in [-0.2, 0) is 0 Å². The molecule has 0 aliphatic heterocycles. The summed E-state index contributed by atoms with van der Waals surface area (Å²) in [6, 6.07) is 5.99. The zero-order valence-electron chi connectivity index (χ0n) is 14.1. The van der Waals surface area contributed by atoms with E-state index in [1.807, 2.05) is 26.1 Å². The van der Waals surface area contributed by atoms with Crippen LogP contribution >= 0.6 is 11.3 Å². The molecule has 0 bridgehead atoms. The third-order valence-electron chi connectivity index (χ3n) is 3.82. The number of fused-ring (bicyclic) bond motifs is 1. The number of aromatic nitrogens is 4. The van der Waals surface area contributed by atoms with Crippen LogP contribution in [-0.4, -0.2) is 25.6 Å². The minimum atomic E-state index is -0.897. The van der Waals surface area contributed by atoms with Gasteiger partial charge in [0.25, 0.3) is 0 Å². The van der Waals surface area contributed by atoms with Crippen LogP contribution in [0.3, 0.4) is 0 Å². The van der Waals surface area contributed by atoms with Gasteiger partial charge in [-0.05, 0) is 37.6 Å². The lowest BCUT2D eigenvalue weighted by Crippen LogP contribution is -2.08. The molecule has 0 saturated heterocycles. The molecule has 0 amide bonds. The Morgan fingerprint density at radius 1 is 1.12 bits per heavy atom. The molecule has 0 saturated carbocycles. The highest BCUT2D eigenvalue weighted by Gasteiger charge is 2.14. The molecule has 0 aliphatic carbocycles. The first-order chi connectivity index (χ1) is 12.5. The summed E-state index contributed by atoms with van der Waals surface area (Å²) in [5, 5.41) is 12.1. The topological polar surface area (TPSA) is 55.1 Å². The van der Waals surface area contributed by atoms with E-state index in [-0.39, 0.29) is 6.04 Å². The predicted molar refractivity (Wildman–Crippen MR) is 98.2 cm³/mol. The summed E-state index contributed by atoms with van der Waals surface area (Å²) < 4.78 is 28.8. The van der Waals surface area contributed by atoms with Crippen LogP contribution < -0.4 is 5.32 Å². The lowest BCUT2D eigenvalue weighted by Gasteiger charge is -2.07. The average Bonchev–Trinajstić information content (AvgIpc) is 3.25. The Labute approximate surface area is 152 Å². The standard InChI is InChI=1S/C18H15F2N5S/c1-10(2)23-18-21-7-16(26-18)12-5-13(17-24-22-9-25(17)8-12)11-3-4-14(19)15(20)6-11/h3-10H,1-2H3,(H,21,23). The summed E-state index contributed by atoms with van der Waals surface area (Å²) in [5.41, 5.74) is 2.68. The SMILES string of the molecule is CC(C)Nc1ncc(-c2cc(-c3ccc(F)c(F)c3)c3nncn3c2)s1. The Balaban J connectivity index is 1.84. The number of benzene rings is 1. The summed E-state index contributed by atoms with van der Waals surface area (Å²) in [6.07, 6.45) is 5.26. The molecule has 0 spiro atoms. The highest BCUT2D eigenvalue weighted by molar-refractivity contribution is 7.18. The van der Waals surface area contributed by atoms with Crippen molar-refractivity contribution in [2.45, 2.75) is 19.9 Å². The molecule has 1 N–H and O–H groups in total. The number of rotatable bonds is 4. The van der Waals surface area contributed by atoms with Gasteiger partial charge in [-0.25, -0.2) is 13.8 Å². The maximum absolute atomic E-state index is 13.7. The molecule has 1 aromatic carbocycles. The molecule has 0 unspecified atom stereocenters. The molecule has 5 nitrogen and oxygen atoms in total. The second-order valence-corrected chi connectivity index (χ2v) is 7.19. The number of thiazole rings is 1. The van der Waals surface area contributed by atoms with Crippen molar-refractivity contribution in [3.05, 3.63) is 54.6 Å². The smallest absolute Gasteiger partial charge is 0.183 e. The number of anilines is 1. The van der Waals surface area contributed by atoms with Gasteiger partial charge in [-0.1, -0.05) is 17.4 Å². The van der Waals surface area contributed by atoms with Crippen molar-refractivity contribution in [1.82, 2.24) is 19.6 Å². The number of halogens is 2. The highest BCUT2D eigenvalue weighted by Crippen LogP contribution is 2.34. The van der Waals surface area contributed by atoms with E-state index in [4.69, 9.17) is 0 Å². The Hall–Kier alpha value is -2.87. The number of hydrogen-bond acceptors (Lipinski definition) is 5. The molecule has 0 radical (unpaired) electrons. The molecule has 8 heteroatoms. The lowest BCUT2D eigenvalue weighted by atomic mass is 10.0. The lowest BCUT2D eigenvalue weighted by molar-refractivity contribution is 0.509. The maximum atomic E-state index is 13.7. The first-order valence-electron chi connectivity index (χ1n) is 8.03. The van der Waals surface area contributed by atoms with Crippen molar-refractivity contribution in [1.29, 1.82) is 0 Å².